The lowest BCUT2D eigenvalue weighted by Gasteiger charge is -2.36. The van der Waals surface area contributed by atoms with Crippen molar-refractivity contribution in [2.24, 2.45) is 5.92 Å². The Kier molecular flexibility index (Phi) is 8.03. The maximum atomic E-state index is 13.7. The fourth-order valence-corrected chi connectivity index (χ4v) is 7.29. The van der Waals surface area contributed by atoms with Gasteiger partial charge < -0.3 is 19.3 Å². The van der Waals surface area contributed by atoms with Crippen LogP contribution in [0.1, 0.15) is 13.8 Å². The van der Waals surface area contributed by atoms with Crippen LogP contribution in [0.2, 0.25) is 5.15 Å². The van der Waals surface area contributed by atoms with E-state index in [0.29, 0.717) is 64.1 Å². The summed E-state index contributed by atoms with van der Waals surface area (Å²) in [5.74, 6) is 1.23. The maximum Gasteiger partial charge on any atom is 0.412 e. The molecule has 0 bridgehead atoms. The van der Waals surface area contributed by atoms with Gasteiger partial charge in [-0.15, -0.1) is 23.5 Å². The van der Waals surface area contributed by atoms with Crippen LogP contribution in [0.4, 0.5) is 10.6 Å². The lowest BCUT2D eigenvalue weighted by atomic mass is 10.1. The van der Waals surface area contributed by atoms with E-state index in [-0.39, 0.29) is 23.8 Å². The number of piperazine rings is 1. The molecule has 5 rings (SSSR count). The third-order valence-electron chi connectivity index (χ3n) is 6.57. The van der Waals surface area contributed by atoms with Crippen LogP contribution in [0.25, 0.3) is 11.0 Å². The summed E-state index contributed by atoms with van der Waals surface area (Å²) >= 11 is 8.94. The summed E-state index contributed by atoms with van der Waals surface area (Å²) < 4.78 is 11.6. The van der Waals surface area contributed by atoms with Gasteiger partial charge in [0.25, 0.3) is 5.91 Å². The number of thioether (sulfide) groups is 2. The van der Waals surface area contributed by atoms with E-state index in [0.717, 1.165) is 5.39 Å². The highest BCUT2D eigenvalue weighted by molar-refractivity contribution is 8.08. The highest BCUT2D eigenvalue weighted by Crippen LogP contribution is 2.45. The van der Waals surface area contributed by atoms with Gasteiger partial charge in [-0.25, -0.2) is 19.7 Å². The molecule has 0 aliphatic carbocycles. The van der Waals surface area contributed by atoms with E-state index in [4.69, 9.17) is 21.1 Å². The average Bonchev–Trinajstić information content (AvgIpc) is 3.05. The maximum absolute atomic E-state index is 13.7. The van der Waals surface area contributed by atoms with Crippen molar-refractivity contribution >= 4 is 69.9 Å². The first-order valence-corrected chi connectivity index (χ1v) is 14.7. The van der Waals surface area contributed by atoms with Crippen LogP contribution < -0.4 is 4.90 Å². The molecule has 3 amide bonds. The largest absolute Gasteiger partial charge is 0.420 e. The number of hydrogen-bond donors (Lipinski definition) is 0. The molecular weight excluding hydrogens is 550 g/mol. The zero-order valence-electron chi connectivity index (χ0n) is 21.3. The molecule has 2 aromatic rings. The summed E-state index contributed by atoms with van der Waals surface area (Å²) in [7, 11) is 1.65. The van der Waals surface area contributed by atoms with Gasteiger partial charge in [0, 0.05) is 56.1 Å². The topological polar surface area (TPSA) is 105 Å². The monoisotopic (exact) mass is 577 g/mol. The molecule has 3 aliphatic heterocycles. The second kappa shape index (κ2) is 11.3. The SMILES string of the molecule is COC1CSC2=C(SC1)C(OC(=O)N1CCN(C(=O)C(C)C)CC1)N(c1ccc3ccc(Cl)nc3n1)C2=O. The number of amides is 3. The van der Waals surface area contributed by atoms with Crippen molar-refractivity contribution in [1.82, 2.24) is 19.8 Å². The first-order valence-electron chi connectivity index (χ1n) is 12.3. The Hall–Kier alpha value is -2.54. The predicted molar refractivity (Wildman–Crippen MR) is 148 cm³/mol. The molecule has 202 valence electrons. The third-order valence-corrected chi connectivity index (χ3v) is 9.39. The first kappa shape index (κ1) is 27.0. The summed E-state index contributed by atoms with van der Waals surface area (Å²) in [6.45, 7) is 5.31. The number of rotatable bonds is 4. The van der Waals surface area contributed by atoms with Crippen molar-refractivity contribution < 1.29 is 23.9 Å². The van der Waals surface area contributed by atoms with Gasteiger partial charge >= 0.3 is 6.09 Å². The second-order valence-corrected chi connectivity index (χ2v) is 11.9. The lowest BCUT2D eigenvalue weighted by Crippen LogP contribution is -2.53. The minimum absolute atomic E-state index is 0.0371. The van der Waals surface area contributed by atoms with E-state index < -0.39 is 12.3 Å². The molecule has 3 aliphatic rings. The van der Waals surface area contributed by atoms with Crippen molar-refractivity contribution in [3.63, 3.8) is 0 Å². The molecule has 2 aromatic heterocycles. The first-order chi connectivity index (χ1) is 18.3. The molecule has 5 heterocycles. The molecule has 0 saturated carbocycles. The number of nitrogens with zero attached hydrogens (tertiary/aromatic N) is 5. The van der Waals surface area contributed by atoms with E-state index in [9.17, 15) is 14.4 Å². The summed E-state index contributed by atoms with van der Waals surface area (Å²) in [6.07, 6.45) is -1.55. The Labute approximate surface area is 234 Å². The number of methoxy groups -OCH3 is 1. The summed E-state index contributed by atoms with van der Waals surface area (Å²) in [5.41, 5.74) is 0.390. The standard InChI is InChI=1S/C25H28ClN5O5S2/c1-14(2)22(32)29-8-10-30(11-9-29)25(34)36-24-20-19(37-12-16(35-3)13-38-20)23(33)31(24)18-7-5-15-4-6-17(26)27-21(15)28-18/h4-7,14,16,24H,8-13H2,1-3H3. The van der Waals surface area contributed by atoms with Crippen molar-refractivity contribution in [3.05, 3.63) is 39.2 Å². The summed E-state index contributed by atoms with van der Waals surface area (Å²) in [6, 6.07) is 7.00. The molecule has 2 atom stereocenters. The van der Waals surface area contributed by atoms with Gasteiger partial charge in [-0.3, -0.25) is 9.59 Å². The average molecular weight is 578 g/mol. The molecule has 0 N–H and O–H groups in total. The number of ether oxygens (including phenoxy) is 2. The van der Waals surface area contributed by atoms with Crippen molar-refractivity contribution in [2.75, 3.05) is 49.7 Å². The molecule has 1 fully saturated rings. The van der Waals surface area contributed by atoms with E-state index in [1.54, 1.807) is 35.1 Å². The van der Waals surface area contributed by atoms with Crippen LogP contribution in [0.3, 0.4) is 0 Å². The van der Waals surface area contributed by atoms with Crippen LogP contribution in [0.5, 0.6) is 0 Å². The molecule has 0 radical (unpaired) electrons. The summed E-state index contributed by atoms with van der Waals surface area (Å²) in [4.78, 5) is 54.2. The third kappa shape index (κ3) is 5.31. The van der Waals surface area contributed by atoms with E-state index in [1.165, 1.54) is 28.4 Å². The number of fused-ring (bicyclic) bond motifs is 1. The van der Waals surface area contributed by atoms with Crippen LogP contribution in [0.15, 0.2) is 34.1 Å². The Bertz CT molecular complexity index is 1300. The number of pyridine rings is 2. The fourth-order valence-electron chi connectivity index (χ4n) is 4.44. The number of halogens is 1. The van der Waals surface area contributed by atoms with Gasteiger partial charge in [0.1, 0.15) is 11.0 Å². The Morgan fingerprint density at radius 1 is 1.03 bits per heavy atom. The zero-order chi connectivity index (χ0) is 27.0. The Morgan fingerprint density at radius 3 is 2.42 bits per heavy atom. The normalized spacial score (nSPS) is 22.2. The Morgan fingerprint density at radius 2 is 1.71 bits per heavy atom. The zero-order valence-corrected chi connectivity index (χ0v) is 23.6. The van der Waals surface area contributed by atoms with Crippen LogP contribution in [-0.4, -0.2) is 94.8 Å². The van der Waals surface area contributed by atoms with Gasteiger partial charge in [-0.1, -0.05) is 25.4 Å². The number of anilines is 1. The smallest absolute Gasteiger partial charge is 0.412 e. The quantitative estimate of drug-likeness (QED) is 0.504. The molecule has 0 spiro atoms. The van der Waals surface area contributed by atoms with E-state index in [2.05, 4.69) is 9.97 Å². The number of hydrogen-bond acceptors (Lipinski definition) is 9. The Balaban J connectivity index is 1.41. The second-order valence-electron chi connectivity index (χ2n) is 9.40. The molecule has 0 aromatic carbocycles. The number of carbonyl (C=O) groups is 3. The number of aromatic nitrogens is 2. The highest BCUT2D eigenvalue weighted by Gasteiger charge is 2.46. The molecule has 1 saturated heterocycles. The van der Waals surface area contributed by atoms with Crippen LogP contribution in [-0.2, 0) is 19.1 Å². The van der Waals surface area contributed by atoms with Crippen molar-refractivity contribution in [1.29, 1.82) is 0 Å². The predicted octanol–water partition coefficient (Wildman–Crippen LogP) is 3.60. The number of carbonyl (C=O) groups excluding carboxylic acids is 3. The van der Waals surface area contributed by atoms with Crippen LogP contribution in [0, 0.1) is 5.92 Å². The highest BCUT2D eigenvalue weighted by atomic mass is 35.5. The minimum atomic E-state index is -0.974. The summed E-state index contributed by atoms with van der Waals surface area (Å²) in [5, 5.41) is 1.06. The molecular formula is C25H28ClN5O5S2. The molecule has 13 heteroatoms. The lowest BCUT2D eigenvalue weighted by molar-refractivity contribution is -0.136. The van der Waals surface area contributed by atoms with E-state index in [1.807, 2.05) is 19.9 Å². The minimum Gasteiger partial charge on any atom is -0.420 e. The van der Waals surface area contributed by atoms with Crippen LogP contribution >= 0.6 is 35.1 Å². The van der Waals surface area contributed by atoms with Gasteiger partial charge in [-0.05, 0) is 24.3 Å². The fraction of sp³-hybridized carbons (Fsp3) is 0.480. The molecule has 2 unspecified atom stereocenters. The van der Waals surface area contributed by atoms with E-state index >= 15 is 0 Å². The van der Waals surface area contributed by atoms with Gasteiger partial charge in [0.15, 0.2) is 5.65 Å². The van der Waals surface area contributed by atoms with Crippen molar-refractivity contribution in [3.8, 4) is 0 Å². The van der Waals surface area contributed by atoms with Gasteiger partial charge in [0.05, 0.1) is 15.9 Å². The molecule has 10 nitrogen and oxygen atoms in total. The van der Waals surface area contributed by atoms with Gasteiger partial charge in [-0.2, -0.15) is 0 Å². The van der Waals surface area contributed by atoms with Crippen molar-refractivity contribution in [2.45, 2.75) is 26.2 Å². The van der Waals surface area contributed by atoms with Gasteiger partial charge in [0.2, 0.25) is 12.1 Å². The molecule has 38 heavy (non-hydrogen) atoms.